The van der Waals surface area contributed by atoms with Crippen LogP contribution in [0.1, 0.15) is 22.6 Å². The van der Waals surface area contributed by atoms with Crippen molar-refractivity contribution in [2.45, 2.75) is 5.92 Å². The van der Waals surface area contributed by atoms with Crippen molar-refractivity contribution in [1.29, 1.82) is 5.26 Å². The molecule has 136 valence electrons. The summed E-state index contributed by atoms with van der Waals surface area (Å²) in [7, 11) is 1.67. The second kappa shape index (κ2) is 5.99. The minimum Gasteiger partial charge on any atom is -0.319 e. The van der Waals surface area contributed by atoms with Gasteiger partial charge in [-0.15, -0.1) is 0 Å². The molecule has 2 atom stereocenters. The van der Waals surface area contributed by atoms with Crippen molar-refractivity contribution in [3.63, 3.8) is 0 Å². The van der Waals surface area contributed by atoms with Gasteiger partial charge in [-0.25, -0.2) is 9.62 Å². The SMILES string of the molecule is Cn1ccc(C2=Nc3[nH]ncc3C(c3cccc4nonc34)C2C#N)cc1=O. The average Bonchev–Trinajstić information content (AvgIpc) is 3.37. The summed E-state index contributed by atoms with van der Waals surface area (Å²) in [4.78, 5) is 16.7. The number of hydrogen-bond acceptors (Lipinski definition) is 7. The fourth-order valence-corrected chi connectivity index (χ4v) is 3.65. The molecule has 1 aromatic carbocycles. The van der Waals surface area contributed by atoms with Gasteiger partial charge in [-0.2, -0.15) is 10.4 Å². The maximum Gasteiger partial charge on any atom is 0.250 e. The molecular weight excluding hydrogens is 358 g/mol. The van der Waals surface area contributed by atoms with E-state index in [1.807, 2.05) is 12.1 Å². The number of aliphatic imine (C=N–C) groups is 1. The number of aromatic nitrogens is 5. The van der Waals surface area contributed by atoms with Gasteiger partial charge in [0.1, 0.15) is 17.0 Å². The highest BCUT2D eigenvalue weighted by atomic mass is 16.6. The zero-order chi connectivity index (χ0) is 19.3. The van der Waals surface area contributed by atoms with Crippen LogP contribution in [0.2, 0.25) is 0 Å². The van der Waals surface area contributed by atoms with Crippen LogP contribution in [-0.2, 0) is 7.05 Å². The summed E-state index contributed by atoms with van der Waals surface area (Å²) < 4.78 is 6.36. The Kier molecular flexibility index (Phi) is 3.45. The van der Waals surface area contributed by atoms with Gasteiger partial charge >= 0.3 is 0 Å². The Bertz CT molecular complexity index is 1340. The standard InChI is InChI=1S/C19H13N7O2/c1-26-6-5-10(7-15(26)27)17-12(8-20)16(13-9-21-23-19(13)22-17)11-3-2-4-14-18(11)25-28-24-14/h2-7,9,12,16H,1H3,(H,21,23). The number of aromatic amines is 1. The topological polar surface area (TPSA) is 126 Å². The lowest BCUT2D eigenvalue weighted by atomic mass is 9.76. The van der Waals surface area contributed by atoms with Gasteiger partial charge in [-0.3, -0.25) is 9.89 Å². The van der Waals surface area contributed by atoms with E-state index in [0.29, 0.717) is 28.1 Å². The Labute approximate surface area is 157 Å². The molecule has 0 radical (unpaired) electrons. The summed E-state index contributed by atoms with van der Waals surface area (Å²) in [5, 5.41) is 25.0. The Hall–Kier alpha value is -4.06. The molecule has 0 bridgehead atoms. The molecule has 28 heavy (non-hydrogen) atoms. The summed E-state index contributed by atoms with van der Waals surface area (Å²) in [6.45, 7) is 0. The van der Waals surface area contributed by atoms with Gasteiger partial charge in [-0.05, 0) is 28.0 Å². The van der Waals surface area contributed by atoms with Crippen LogP contribution in [0.5, 0.6) is 0 Å². The highest BCUT2D eigenvalue weighted by Gasteiger charge is 2.38. The number of fused-ring (bicyclic) bond motifs is 2. The lowest BCUT2D eigenvalue weighted by Gasteiger charge is -2.27. The number of nitrogens with one attached hydrogen (secondary N) is 1. The van der Waals surface area contributed by atoms with E-state index in [9.17, 15) is 10.1 Å². The zero-order valence-electron chi connectivity index (χ0n) is 14.7. The first kappa shape index (κ1) is 16.1. The van der Waals surface area contributed by atoms with Crippen LogP contribution in [0.3, 0.4) is 0 Å². The molecule has 0 spiro atoms. The molecule has 9 heteroatoms. The number of benzene rings is 1. The monoisotopic (exact) mass is 371 g/mol. The maximum atomic E-state index is 12.1. The second-order valence-electron chi connectivity index (χ2n) is 6.60. The normalized spacial score (nSPS) is 18.5. The summed E-state index contributed by atoms with van der Waals surface area (Å²) in [6.07, 6.45) is 3.33. The lowest BCUT2D eigenvalue weighted by molar-refractivity contribution is 0.315. The molecule has 1 aliphatic rings. The van der Waals surface area contributed by atoms with Crippen molar-refractivity contribution in [3.05, 3.63) is 69.8 Å². The van der Waals surface area contributed by atoms with Gasteiger partial charge in [0.05, 0.1) is 18.0 Å². The molecule has 0 aliphatic carbocycles. The molecule has 0 saturated carbocycles. The Morgan fingerprint density at radius 2 is 2.14 bits per heavy atom. The van der Waals surface area contributed by atoms with Crippen molar-refractivity contribution < 1.29 is 4.63 Å². The van der Waals surface area contributed by atoms with Crippen LogP contribution in [-0.4, -0.2) is 30.8 Å². The predicted molar refractivity (Wildman–Crippen MR) is 99.2 cm³/mol. The largest absolute Gasteiger partial charge is 0.319 e. The van der Waals surface area contributed by atoms with E-state index in [1.165, 1.54) is 10.6 Å². The molecule has 1 aliphatic heterocycles. The molecular formula is C19H13N7O2. The van der Waals surface area contributed by atoms with Crippen LogP contribution in [0.25, 0.3) is 11.0 Å². The number of nitriles is 1. The molecule has 5 rings (SSSR count). The van der Waals surface area contributed by atoms with Gasteiger partial charge in [0.15, 0.2) is 5.82 Å². The van der Waals surface area contributed by atoms with Gasteiger partial charge in [0.25, 0.3) is 5.56 Å². The minimum atomic E-state index is -0.639. The minimum absolute atomic E-state index is 0.174. The highest BCUT2D eigenvalue weighted by Crippen LogP contribution is 2.43. The summed E-state index contributed by atoms with van der Waals surface area (Å²) >= 11 is 0. The zero-order valence-corrected chi connectivity index (χ0v) is 14.7. The highest BCUT2D eigenvalue weighted by molar-refractivity contribution is 6.07. The van der Waals surface area contributed by atoms with Gasteiger partial charge in [-0.1, -0.05) is 12.1 Å². The molecule has 0 amide bonds. The van der Waals surface area contributed by atoms with E-state index in [1.54, 1.807) is 31.6 Å². The third kappa shape index (κ3) is 2.28. The fraction of sp³-hybridized carbons (Fsp3) is 0.158. The number of aryl methyl sites for hydroxylation is 1. The first-order valence-corrected chi connectivity index (χ1v) is 8.57. The van der Waals surface area contributed by atoms with Crippen molar-refractivity contribution in [2.75, 3.05) is 0 Å². The van der Waals surface area contributed by atoms with Crippen molar-refractivity contribution in [2.24, 2.45) is 18.0 Å². The Morgan fingerprint density at radius 1 is 1.25 bits per heavy atom. The summed E-state index contributed by atoms with van der Waals surface area (Å²) in [5.74, 6) is -0.467. The number of pyridine rings is 1. The predicted octanol–water partition coefficient (Wildman–Crippen LogP) is 2.05. The van der Waals surface area contributed by atoms with Gasteiger partial charge in [0, 0.05) is 36.4 Å². The Morgan fingerprint density at radius 3 is 2.96 bits per heavy atom. The van der Waals surface area contributed by atoms with Crippen LogP contribution >= 0.6 is 0 Å². The van der Waals surface area contributed by atoms with Crippen LogP contribution in [0.15, 0.2) is 57.1 Å². The third-order valence-corrected chi connectivity index (χ3v) is 5.03. The molecule has 0 saturated heterocycles. The van der Waals surface area contributed by atoms with Crippen LogP contribution in [0.4, 0.5) is 5.82 Å². The fourth-order valence-electron chi connectivity index (χ4n) is 3.65. The molecule has 2 unspecified atom stereocenters. The van der Waals surface area contributed by atoms with E-state index in [0.717, 1.165) is 11.1 Å². The first-order chi connectivity index (χ1) is 13.7. The third-order valence-electron chi connectivity index (χ3n) is 5.03. The summed E-state index contributed by atoms with van der Waals surface area (Å²) in [5.41, 5.74) is 3.72. The smallest absolute Gasteiger partial charge is 0.250 e. The van der Waals surface area contributed by atoms with Gasteiger partial charge in [0.2, 0.25) is 0 Å². The van der Waals surface area contributed by atoms with E-state index in [2.05, 4.69) is 31.6 Å². The van der Waals surface area contributed by atoms with Crippen LogP contribution < -0.4 is 5.56 Å². The van der Waals surface area contributed by atoms with E-state index in [4.69, 9.17) is 4.63 Å². The average molecular weight is 371 g/mol. The van der Waals surface area contributed by atoms with Crippen molar-refractivity contribution in [1.82, 2.24) is 25.1 Å². The summed E-state index contributed by atoms with van der Waals surface area (Å²) in [6, 6.07) is 11.2. The molecule has 9 nitrogen and oxygen atoms in total. The number of hydrogen-bond donors (Lipinski definition) is 1. The van der Waals surface area contributed by atoms with Crippen molar-refractivity contribution >= 4 is 22.6 Å². The van der Waals surface area contributed by atoms with E-state index in [-0.39, 0.29) is 11.5 Å². The van der Waals surface area contributed by atoms with E-state index < -0.39 is 5.92 Å². The Balaban J connectivity index is 1.76. The molecule has 1 N–H and O–H groups in total. The molecule has 4 aromatic rings. The number of H-pyrrole nitrogens is 1. The number of nitrogens with zero attached hydrogens (tertiary/aromatic N) is 6. The lowest BCUT2D eigenvalue weighted by Crippen LogP contribution is -2.28. The number of rotatable bonds is 2. The van der Waals surface area contributed by atoms with Crippen molar-refractivity contribution in [3.8, 4) is 6.07 Å². The van der Waals surface area contributed by atoms with E-state index >= 15 is 0 Å². The molecule has 3 aromatic heterocycles. The molecule has 0 fully saturated rings. The molecule has 4 heterocycles. The first-order valence-electron chi connectivity index (χ1n) is 8.57. The second-order valence-corrected chi connectivity index (χ2v) is 6.60. The maximum absolute atomic E-state index is 12.1. The van der Waals surface area contributed by atoms with Gasteiger partial charge < -0.3 is 4.57 Å². The van der Waals surface area contributed by atoms with Crippen LogP contribution in [0, 0.1) is 17.2 Å². The quantitative estimate of drug-likeness (QED) is 0.575.